The van der Waals surface area contributed by atoms with Crippen molar-refractivity contribution in [3.05, 3.63) is 0 Å². The molecule has 3 rings (SSSR count). The Morgan fingerprint density at radius 3 is 2.25 bits per heavy atom. The van der Waals surface area contributed by atoms with E-state index in [2.05, 4.69) is 4.43 Å². The van der Waals surface area contributed by atoms with Gasteiger partial charge in [0, 0.05) is 0 Å². The summed E-state index contributed by atoms with van der Waals surface area (Å²) >= 11 is 0. The van der Waals surface area contributed by atoms with Crippen LogP contribution in [0.3, 0.4) is 0 Å². The van der Waals surface area contributed by atoms with E-state index < -0.39 is 35.2 Å². The van der Waals surface area contributed by atoms with Gasteiger partial charge in [-0.1, -0.05) is 0 Å². The molecule has 2 bridgehead atoms. The van der Waals surface area contributed by atoms with Gasteiger partial charge in [-0.25, -0.2) is 0 Å². The second kappa shape index (κ2) is 2.79. The van der Waals surface area contributed by atoms with Crippen molar-refractivity contribution in [2.45, 2.75) is 0 Å². The smallest absolute Gasteiger partial charge is 0.502 e. The average Bonchev–Trinajstić information content (AvgIpc) is 2.60. The molecule has 10 heteroatoms. The van der Waals surface area contributed by atoms with E-state index in [4.69, 9.17) is 12.6 Å². The molecule has 0 aliphatic carbocycles. The molecule has 0 fully saturated rings. The van der Waals surface area contributed by atoms with Gasteiger partial charge in [0.25, 0.3) is 0 Å². The maximum Gasteiger partial charge on any atom is 0.779 e. The summed E-state index contributed by atoms with van der Waals surface area (Å²) in [5.41, 5.74) is -0.481. The van der Waals surface area contributed by atoms with Gasteiger partial charge in [-0.15, -0.1) is 0 Å². The summed E-state index contributed by atoms with van der Waals surface area (Å²) in [5.74, 6) is -1.91. The molecule has 1 aromatic carbocycles. The molecular formula is C6H2O8Si2. The quantitative estimate of drug-likeness (QED) is 0.639. The van der Waals surface area contributed by atoms with Crippen LogP contribution in [0.4, 0.5) is 0 Å². The Bertz CT molecular complexity index is 682. The topological polar surface area (TPSA) is 119 Å². The molecule has 0 saturated heterocycles. The number of fused-ring (bicyclic) bond motifs is 4. The van der Waals surface area contributed by atoms with Crippen LogP contribution in [0.25, 0.3) is 11.2 Å². The highest BCUT2D eigenvalue weighted by Crippen LogP contribution is 2.51. The molecule has 1 aliphatic rings. The Balaban J connectivity index is 2.55. The third kappa shape index (κ3) is 1.02. The van der Waals surface area contributed by atoms with Crippen LogP contribution >= 0.6 is 0 Å². The number of phenols is 2. The lowest BCUT2D eigenvalue weighted by Gasteiger charge is -2.16. The van der Waals surface area contributed by atoms with E-state index in [0.29, 0.717) is 0 Å². The van der Waals surface area contributed by atoms with E-state index in [9.17, 15) is 19.1 Å². The molecule has 0 spiro atoms. The number of hydrogen-bond donors (Lipinski definition) is 2. The van der Waals surface area contributed by atoms with Gasteiger partial charge in [-0.2, -0.15) is 0 Å². The Morgan fingerprint density at radius 2 is 1.50 bits per heavy atom. The molecule has 1 aliphatic heterocycles. The first kappa shape index (κ1) is 9.29. The average molecular weight is 258 g/mol. The van der Waals surface area contributed by atoms with E-state index in [1.807, 2.05) is 0 Å². The summed E-state index contributed by atoms with van der Waals surface area (Å²) in [6, 6.07) is 0. The van der Waals surface area contributed by atoms with Gasteiger partial charge >= 0.3 is 18.0 Å². The van der Waals surface area contributed by atoms with E-state index in [-0.39, 0.29) is 16.9 Å². The Kier molecular flexibility index (Phi) is 1.62. The van der Waals surface area contributed by atoms with Crippen molar-refractivity contribution in [2.75, 3.05) is 0 Å². The van der Waals surface area contributed by atoms with Gasteiger partial charge in [0.2, 0.25) is 34.2 Å². The molecule has 0 unspecified atom stereocenters. The molecule has 2 N–H and O–H groups in total. The van der Waals surface area contributed by atoms with Crippen LogP contribution in [0, 0.1) is 0 Å². The Hall–Kier alpha value is -1.95. The summed E-state index contributed by atoms with van der Waals surface area (Å²) in [7, 11) is -5.76. The van der Waals surface area contributed by atoms with Crippen molar-refractivity contribution >= 4 is 29.1 Å². The number of aromatic hydroxyl groups is 2. The summed E-state index contributed by atoms with van der Waals surface area (Å²) in [6.07, 6.45) is 0. The van der Waals surface area contributed by atoms with Gasteiger partial charge in [-0.05, 0) is 0 Å². The summed E-state index contributed by atoms with van der Waals surface area (Å²) in [6.45, 7) is 0. The predicted molar refractivity (Wildman–Crippen MR) is 45.9 cm³/mol. The normalized spacial score (nSPS) is 13.6. The minimum Gasteiger partial charge on any atom is -0.502 e. The van der Waals surface area contributed by atoms with Crippen LogP contribution in [0.5, 0.6) is 23.0 Å². The van der Waals surface area contributed by atoms with E-state index in [0.717, 1.165) is 0 Å². The van der Waals surface area contributed by atoms with Crippen molar-refractivity contribution in [2.24, 2.45) is 0 Å². The standard InChI is InChI=1S/C6H2O8Si2/c7-1-3-2(8)5-6(14-16(10)13-5)4(1)12-15(9)11-3/h7-8H. The van der Waals surface area contributed by atoms with Gasteiger partial charge in [0.1, 0.15) is 0 Å². The van der Waals surface area contributed by atoms with Crippen LogP contribution in [0.15, 0.2) is 8.19 Å². The van der Waals surface area contributed by atoms with E-state index in [1.54, 1.807) is 0 Å². The summed E-state index contributed by atoms with van der Waals surface area (Å²) in [4.78, 5) is 0. The first-order chi connectivity index (χ1) is 7.58. The molecule has 0 atom stereocenters. The monoisotopic (exact) mass is 258 g/mol. The van der Waals surface area contributed by atoms with Crippen LogP contribution in [-0.2, 0) is 8.92 Å². The van der Waals surface area contributed by atoms with E-state index in [1.165, 1.54) is 0 Å². The lowest BCUT2D eigenvalue weighted by molar-refractivity contribution is 0.290. The maximum atomic E-state index is 11.1. The van der Waals surface area contributed by atoms with Crippen molar-refractivity contribution in [1.82, 2.24) is 0 Å². The summed E-state index contributed by atoms with van der Waals surface area (Å²) < 4.78 is 40.9. The fourth-order valence-electron chi connectivity index (χ4n) is 1.39. The van der Waals surface area contributed by atoms with Gasteiger partial charge in [0.05, 0.1) is 0 Å². The highest BCUT2D eigenvalue weighted by Gasteiger charge is 2.35. The molecule has 1 aromatic heterocycles. The molecular weight excluding hydrogens is 256 g/mol. The molecule has 2 aromatic rings. The van der Waals surface area contributed by atoms with E-state index >= 15 is 0 Å². The van der Waals surface area contributed by atoms with Crippen LogP contribution in [0.1, 0.15) is 0 Å². The maximum absolute atomic E-state index is 11.1. The second-order valence-corrected chi connectivity index (χ2v) is 4.74. The van der Waals surface area contributed by atoms with Crippen LogP contribution in [0.2, 0.25) is 0 Å². The molecule has 0 saturated carbocycles. The lowest BCUT2D eigenvalue weighted by Crippen LogP contribution is -2.23. The number of phenolic OH excluding ortho intramolecular Hbond substituents is 2. The third-order valence-electron chi connectivity index (χ3n) is 2.01. The van der Waals surface area contributed by atoms with Crippen LogP contribution < -0.4 is 8.85 Å². The fraction of sp³-hybridized carbons (Fsp3) is 0. The Morgan fingerprint density at radius 1 is 0.875 bits per heavy atom. The zero-order valence-corrected chi connectivity index (χ0v) is 9.34. The fourth-order valence-corrected chi connectivity index (χ4v) is 2.90. The number of hydrogen-bond acceptors (Lipinski definition) is 8. The highest BCUT2D eigenvalue weighted by atomic mass is 28.3. The van der Waals surface area contributed by atoms with Crippen molar-refractivity contribution in [3.8, 4) is 23.0 Å². The van der Waals surface area contributed by atoms with Crippen molar-refractivity contribution in [1.29, 1.82) is 0 Å². The number of benzene rings is 1. The van der Waals surface area contributed by atoms with Gasteiger partial charge in [0.15, 0.2) is 0 Å². The first-order valence-corrected chi connectivity index (χ1v) is 6.44. The molecule has 2 heterocycles. The number of rotatable bonds is 0. The van der Waals surface area contributed by atoms with Crippen molar-refractivity contribution < 1.29 is 36.2 Å². The molecule has 8 nitrogen and oxygen atoms in total. The highest BCUT2D eigenvalue weighted by molar-refractivity contribution is 6.31. The Labute approximate surface area is 89.0 Å². The lowest BCUT2D eigenvalue weighted by atomic mass is 10.2. The SMILES string of the molecule is O=[Si]1Oc2c(O)c(c3o[si](=O)oc3c2O)O1. The zero-order chi connectivity index (χ0) is 11.4. The molecule has 0 amide bonds. The summed E-state index contributed by atoms with van der Waals surface area (Å²) in [5, 5.41) is 19.1. The minimum absolute atomic E-state index is 0.232. The largest absolute Gasteiger partial charge is 0.779 e. The first-order valence-electron chi connectivity index (χ1n) is 3.99. The third-order valence-corrected chi connectivity index (χ3v) is 3.50. The molecule has 16 heavy (non-hydrogen) atoms. The predicted octanol–water partition coefficient (Wildman–Crippen LogP) is 0.124. The minimum atomic E-state index is -2.92. The molecule has 82 valence electrons. The molecule has 0 radical (unpaired) electrons. The second-order valence-electron chi connectivity index (χ2n) is 2.92. The van der Waals surface area contributed by atoms with Crippen LogP contribution in [-0.4, -0.2) is 28.2 Å². The zero-order valence-electron chi connectivity index (χ0n) is 7.34. The van der Waals surface area contributed by atoms with Gasteiger partial charge < -0.3 is 27.3 Å². The van der Waals surface area contributed by atoms with Crippen molar-refractivity contribution in [3.63, 3.8) is 0 Å². The van der Waals surface area contributed by atoms with Gasteiger partial charge in [-0.3, -0.25) is 8.92 Å².